The van der Waals surface area contributed by atoms with Crippen LogP contribution in [0.4, 0.5) is 0 Å². The molecule has 3 nitrogen and oxygen atoms in total. The highest BCUT2D eigenvalue weighted by molar-refractivity contribution is 5.78. The van der Waals surface area contributed by atoms with Gasteiger partial charge in [-0.25, -0.2) is 0 Å². The SMILES string of the molecule is CC1CCC(N(C)CC(=O)NC(C)C)CC1. The molecule has 1 N–H and O–H groups in total. The zero-order valence-corrected chi connectivity index (χ0v) is 11.1. The summed E-state index contributed by atoms with van der Waals surface area (Å²) in [5.41, 5.74) is 0. The van der Waals surface area contributed by atoms with Gasteiger partial charge < -0.3 is 5.32 Å². The van der Waals surface area contributed by atoms with Crippen LogP contribution in [-0.2, 0) is 4.79 Å². The molecule has 1 aliphatic carbocycles. The number of nitrogens with one attached hydrogen (secondary N) is 1. The Bertz CT molecular complexity index is 220. The zero-order chi connectivity index (χ0) is 12.1. The smallest absolute Gasteiger partial charge is 0.234 e. The number of nitrogens with zero attached hydrogens (tertiary/aromatic N) is 1. The van der Waals surface area contributed by atoms with Gasteiger partial charge in [0.05, 0.1) is 6.54 Å². The minimum atomic E-state index is 0.149. The van der Waals surface area contributed by atoms with Gasteiger partial charge in [-0.3, -0.25) is 9.69 Å². The van der Waals surface area contributed by atoms with Crippen LogP contribution in [0, 0.1) is 5.92 Å². The average Bonchev–Trinajstić information content (AvgIpc) is 2.16. The van der Waals surface area contributed by atoms with Gasteiger partial charge in [-0.15, -0.1) is 0 Å². The first kappa shape index (κ1) is 13.5. The van der Waals surface area contributed by atoms with Crippen molar-refractivity contribution in [3.05, 3.63) is 0 Å². The predicted molar refractivity (Wildman–Crippen MR) is 67.3 cm³/mol. The average molecular weight is 226 g/mol. The fourth-order valence-corrected chi connectivity index (χ4v) is 2.41. The Kier molecular flexibility index (Phi) is 5.26. The van der Waals surface area contributed by atoms with Gasteiger partial charge >= 0.3 is 0 Å². The Labute approximate surface area is 99.6 Å². The number of likely N-dealkylation sites (N-methyl/N-ethyl adjacent to an activating group) is 1. The van der Waals surface area contributed by atoms with E-state index in [2.05, 4.69) is 24.2 Å². The molecule has 0 spiro atoms. The molecule has 0 saturated heterocycles. The molecule has 1 amide bonds. The van der Waals surface area contributed by atoms with Gasteiger partial charge in [-0.05, 0) is 52.5 Å². The molecule has 0 heterocycles. The second-order valence-corrected chi connectivity index (χ2v) is 5.55. The molecular formula is C13H26N2O. The molecule has 0 aliphatic heterocycles. The lowest BCUT2D eigenvalue weighted by Gasteiger charge is -2.33. The molecule has 0 aromatic heterocycles. The molecule has 0 bridgehead atoms. The van der Waals surface area contributed by atoms with Crippen LogP contribution in [0.3, 0.4) is 0 Å². The summed E-state index contributed by atoms with van der Waals surface area (Å²) >= 11 is 0. The van der Waals surface area contributed by atoms with E-state index in [4.69, 9.17) is 0 Å². The maximum Gasteiger partial charge on any atom is 0.234 e. The van der Waals surface area contributed by atoms with Crippen molar-refractivity contribution in [1.29, 1.82) is 0 Å². The van der Waals surface area contributed by atoms with Crippen molar-refractivity contribution in [2.45, 2.75) is 58.5 Å². The molecule has 1 fully saturated rings. The van der Waals surface area contributed by atoms with E-state index in [9.17, 15) is 4.79 Å². The van der Waals surface area contributed by atoms with Gasteiger partial charge in [-0.1, -0.05) is 6.92 Å². The molecule has 0 radical (unpaired) electrons. The summed E-state index contributed by atoms with van der Waals surface area (Å²) in [5, 5.41) is 2.94. The van der Waals surface area contributed by atoms with Crippen molar-refractivity contribution < 1.29 is 4.79 Å². The van der Waals surface area contributed by atoms with E-state index in [1.54, 1.807) is 0 Å². The van der Waals surface area contributed by atoms with Crippen LogP contribution in [0.25, 0.3) is 0 Å². The number of carbonyl (C=O) groups excluding carboxylic acids is 1. The number of hydrogen-bond acceptors (Lipinski definition) is 2. The lowest BCUT2D eigenvalue weighted by atomic mass is 9.87. The number of carbonyl (C=O) groups is 1. The molecule has 1 saturated carbocycles. The summed E-state index contributed by atoms with van der Waals surface area (Å²) in [6, 6.07) is 0.849. The molecule has 16 heavy (non-hydrogen) atoms. The number of amides is 1. The minimum Gasteiger partial charge on any atom is -0.353 e. The quantitative estimate of drug-likeness (QED) is 0.795. The third-order valence-electron chi connectivity index (χ3n) is 3.45. The second-order valence-electron chi connectivity index (χ2n) is 5.55. The Morgan fingerprint density at radius 1 is 1.31 bits per heavy atom. The molecule has 0 atom stereocenters. The van der Waals surface area contributed by atoms with E-state index < -0.39 is 0 Å². The Morgan fingerprint density at radius 3 is 2.38 bits per heavy atom. The maximum atomic E-state index is 11.6. The first-order valence-corrected chi connectivity index (χ1v) is 6.48. The van der Waals surface area contributed by atoms with E-state index in [0.717, 1.165) is 5.92 Å². The Balaban J connectivity index is 2.29. The molecule has 0 aromatic carbocycles. The predicted octanol–water partition coefficient (Wildman–Crippen LogP) is 2.02. The van der Waals surface area contributed by atoms with Crippen molar-refractivity contribution in [2.24, 2.45) is 5.92 Å². The Hall–Kier alpha value is -0.570. The fourth-order valence-electron chi connectivity index (χ4n) is 2.41. The topological polar surface area (TPSA) is 32.3 Å². The standard InChI is InChI=1S/C13H26N2O/c1-10(2)14-13(16)9-15(4)12-7-5-11(3)6-8-12/h10-12H,5-9H2,1-4H3,(H,14,16). The highest BCUT2D eigenvalue weighted by Gasteiger charge is 2.22. The molecular weight excluding hydrogens is 200 g/mol. The third-order valence-corrected chi connectivity index (χ3v) is 3.45. The van der Waals surface area contributed by atoms with Crippen molar-refractivity contribution in [2.75, 3.05) is 13.6 Å². The fraction of sp³-hybridized carbons (Fsp3) is 0.923. The monoisotopic (exact) mass is 226 g/mol. The van der Waals surface area contributed by atoms with Gasteiger partial charge in [0.1, 0.15) is 0 Å². The minimum absolute atomic E-state index is 0.149. The number of rotatable bonds is 4. The van der Waals surface area contributed by atoms with Crippen molar-refractivity contribution in [3.8, 4) is 0 Å². The summed E-state index contributed by atoms with van der Waals surface area (Å²) in [4.78, 5) is 13.8. The Morgan fingerprint density at radius 2 is 1.88 bits per heavy atom. The van der Waals surface area contributed by atoms with Crippen LogP contribution in [-0.4, -0.2) is 36.5 Å². The lowest BCUT2D eigenvalue weighted by Crippen LogP contribution is -2.43. The van der Waals surface area contributed by atoms with E-state index in [1.165, 1.54) is 25.7 Å². The first-order chi connectivity index (χ1) is 7.49. The summed E-state index contributed by atoms with van der Waals surface area (Å²) in [5.74, 6) is 1.02. The third kappa shape index (κ3) is 4.52. The van der Waals surface area contributed by atoms with E-state index in [1.807, 2.05) is 13.8 Å². The maximum absolute atomic E-state index is 11.6. The van der Waals surface area contributed by atoms with Crippen LogP contribution < -0.4 is 5.32 Å². The zero-order valence-electron chi connectivity index (χ0n) is 11.1. The summed E-state index contributed by atoms with van der Waals surface area (Å²) in [7, 11) is 2.07. The normalized spacial score (nSPS) is 26.1. The molecule has 94 valence electrons. The highest BCUT2D eigenvalue weighted by Crippen LogP contribution is 2.26. The van der Waals surface area contributed by atoms with E-state index in [-0.39, 0.29) is 11.9 Å². The van der Waals surface area contributed by atoms with Crippen LogP contribution in [0.5, 0.6) is 0 Å². The summed E-state index contributed by atoms with van der Waals surface area (Å²) in [6.07, 6.45) is 5.10. The van der Waals surface area contributed by atoms with Gasteiger partial charge in [-0.2, -0.15) is 0 Å². The van der Waals surface area contributed by atoms with Crippen molar-refractivity contribution >= 4 is 5.91 Å². The highest BCUT2D eigenvalue weighted by atomic mass is 16.2. The molecule has 3 heteroatoms. The van der Waals surface area contributed by atoms with Gasteiger partial charge in [0, 0.05) is 12.1 Å². The largest absolute Gasteiger partial charge is 0.353 e. The molecule has 1 rings (SSSR count). The summed E-state index contributed by atoms with van der Waals surface area (Å²) in [6.45, 7) is 6.86. The van der Waals surface area contributed by atoms with Gasteiger partial charge in [0.2, 0.25) is 5.91 Å². The lowest BCUT2D eigenvalue weighted by molar-refractivity contribution is -0.123. The molecule has 1 aliphatic rings. The first-order valence-electron chi connectivity index (χ1n) is 6.48. The van der Waals surface area contributed by atoms with Crippen LogP contribution in [0.2, 0.25) is 0 Å². The second kappa shape index (κ2) is 6.24. The van der Waals surface area contributed by atoms with Crippen LogP contribution in [0.15, 0.2) is 0 Å². The van der Waals surface area contributed by atoms with Gasteiger partial charge in [0.15, 0.2) is 0 Å². The number of hydrogen-bond donors (Lipinski definition) is 1. The molecule has 0 aromatic rings. The van der Waals surface area contributed by atoms with Crippen molar-refractivity contribution in [3.63, 3.8) is 0 Å². The molecule has 0 unspecified atom stereocenters. The van der Waals surface area contributed by atoms with E-state index in [0.29, 0.717) is 12.6 Å². The van der Waals surface area contributed by atoms with E-state index >= 15 is 0 Å². The van der Waals surface area contributed by atoms with Crippen LogP contribution in [0.1, 0.15) is 46.5 Å². The summed E-state index contributed by atoms with van der Waals surface area (Å²) < 4.78 is 0. The van der Waals surface area contributed by atoms with Crippen molar-refractivity contribution in [1.82, 2.24) is 10.2 Å². The van der Waals surface area contributed by atoms with Crippen LogP contribution >= 0.6 is 0 Å². The van der Waals surface area contributed by atoms with Gasteiger partial charge in [0.25, 0.3) is 0 Å².